The number of ether oxygens (including phenoxy) is 3. The van der Waals surface area contributed by atoms with Crippen molar-refractivity contribution in [1.29, 1.82) is 0 Å². The van der Waals surface area contributed by atoms with Crippen molar-refractivity contribution in [3.05, 3.63) is 85.1 Å². The van der Waals surface area contributed by atoms with Crippen molar-refractivity contribution in [3.63, 3.8) is 0 Å². The molecule has 0 aromatic rings. The molecule has 396 valence electrons. The molecule has 0 aliphatic heterocycles. The Balaban J connectivity index is 4.39. The first-order valence-corrected chi connectivity index (χ1v) is 29.1. The van der Waals surface area contributed by atoms with E-state index in [9.17, 15) is 14.4 Å². The highest BCUT2D eigenvalue weighted by atomic mass is 16.6. The first kappa shape index (κ1) is 65.6. The molecule has 0 saturated heterocycles. The number of carbonyl (C=O) groups excluding carboxylic acids is 3. The van der Waals surface area contributed by atoms with Crippen molar-refractivity contribution in [1.82, 2.24) is 0 Å². The molecule has 6 heteroatoms. The van der Waals surface area contributed by atoms with Gasteiger partial charge in [-0.25, -0.2) is 0 Å². The van der Waals surface area contributed by atoms with Gasteiger partial charge in [0.25, 0.3) is 0 Å². The lowest BCUT2D eigenvalue weighted by Gasteiger charge is -2.18. The average molecular weight is 962 g/mol. The van der Waals surface area contributed by atoms with E-state index in [0.29, 0.717) is 19.3 Å². The minimum Gasteiger partial charge on any atom is -0.462 e. The summed E-state index contributed by atoms with van der Waals surface area (Å²) in [6.07, 6.45) is 74.5. The van der Waals surface area contributed by atoms with Crippen LogP contribution in [-0.2, 0) is 28.6 Å². The highest BCUT2D eigenvalue weighted by Crippen LogP contribution is 2.15. The van der Waals surface area contributed by atoms with Gasteiger partial charge >= 0.3 is 17.9 Å². The number of carbonyl (C=O) groups is 3. The van der Waals surface area contributed by atoms with Crippen LogP contribution >= 0.6 is 0 Å². The van der Waals surface area contributed by atoms with Crippen LogP contribution in [0.4, 0.5) is 0 Å². The fourth-order valence-corrected chi connectivity index (χ4v) is 7.93. The zero-order chi connectivity index (χ0) is 50.0. The summed E-state index contributed by atoms with van der Waals surface area (Å²) in [7, 11) is 0. The van der Waals surface area contributed by atoms with Crippen molar-refractivity contribution in [3.8, 4) is 0 Å². The molecular formula is C63H108O6. The predicted molar refractivity (Wildman–Crippen MR) is 297 cm³/mol. The summed E-state index contributed by atoms with van der Waals surface area (Å²) in [5.74, 6) is -0.995. The van der Waals surface area contributed by atoms with Crippen molar-refractivity contribution in [2.45, 2.75) is 284 Å². The molecule has 69 heavy (non-hydrogen) atoms. The quantitative estimate of drug-likeness (QED) is 0.0262. The van der Waals surface area contributed by atoms with Gasteiger partial charge in [-0.3, -0.25) is 14.4 Å². The normalized spacial score (nSPS) is 12.7. The van der Waals surface area contributed by atoms with E-state index in [4.69, 9.17) is 14.2 Å². The molecule has 0 fully saturated rings. The monoisotopic (exact) mass is 961 g/mol. The van der Waals surface area contributed by atoms with E-state index < -0.39 is 6.10 Å². The van der Waals surface area contributed by atoms with Crippen molar-refractivity contribution in [2.75, 3.05) is 13.2 Å². The molecule has 0 N–H and O–H groups in total. The molecule has 0 spiro atoms. The van der Waals surface area contributed by atoms with Crippen molar-refractivity contribution >= 4 is 17.9 Å². The maximum absolute atomic E-state index is 12.8. The fraction of sp³-hybridized carbons (Fsp3) is 0.730. The Bertz CT molecular complexity index is 1330. The Morgan fingerprint density at radius 3 is 0.986 bits per heavy atom. The summed E-state index contributed by atoms with van der Waals surface area (Å²) in [6, 6.07) is 0. The zero-order valence-electron chi connectivity index (χ0n) is 45.3. The van der Waals surface area contributed by atoms with Gasteiger partial charge in [0.1, 0.15) is 13.2 Å². The van der Waals surface area contributed by atoms with E-state index in [-0.39, 0.29) is 37.5 Å². The van der Waals surface area contributed by atoms with Crippen LogP contribution in [0.5, 0.6) is 0 Å². The molecule has 0 radical (unpaired) electrons. The van der Waals surface area contributed by atoms with Crippen LogP contribution in [0.15, 0.2) is 85.1 Å². The van der Waals surface area contributed by atoms with E-state index in [0.717, 1.165) is 77.0 Å². The lowest BCUT2D eigenvalue weighted by Crippen LogP contribution is -2.30. The summed E-state index contributed by atoms with van der Waals surface area (Å²) in [4.78, 5) is 38.1. The maximum atomic E-state index is 12.8. The number of hydrogen-bond acceptors (Lipinski definition) is 6. The molecule has 0 bridgehead atoms. The first-order chi connectivity index (χ1) is 34.0. The number of esters is 3. The number of unbranched alkanes of at least 4 members (excludes halogenated alkanes) is 27. The number of hydrogen-bond donors (Lipinski definition) is 0. The lowest BCUT2D eigenvalue weighted by atomic mass is 10.0. The van der Waals surface area contributed by atoms with Gasteiger partial charge in [0, 0.05) is 19.3 Å². The Labute approximate surface area is 426 Å². The second kappa shape index (κ2) is 57.2. The van der Waals surface area contributed by atoms with Crippen LogP contribution in [0.1, 0.15) is 278 Å². The molecule has 6 nitrogen and oxygen atoms in total. The molecule has 0 amide bonds. The highest BCUT2D eigenvalue weighted by molar-refractivity contribution is 5.71. The van der Waals surface area contributed by atoms with Crippen LogP contribution in [0, 0.1) is 0 Å². The standard InChI is InChI=1S/C63H108O6/c1-4-7-10-13-16-19-22-24-26-28-30-31-33-35-37-39-42-44-47-50-53-56-62(65)68-59-60(69-63(66)57-54-51-48-45-40-21-18-15-12-9-6-3)58-67-61(64)55-52-49-46-43-41-38-36-34-32-29-27-25-23-20-17-14-11-8-5-2/h15,17-18,20,24-27,32,34,38,41,46,49,60H,4-14,16,19,21-23,28-31,33,35-37,39-40,42-45,47-48,50-59H2,1-3H3/b18-15-,20-17-,26-24-,27-25-,34-32-,41-38-,49-46-/t60-/m1/s1. The Hall–Kier alpha value is -3.41. The van der Waals surface area contributed by atoms with E-state index >= 15 is 0 Å². The van der Waals surface area contributed by atoms with Gasteiger partial charge in [-0.05, 0) is 103 Å². The zero-order valence-corrected chi connectivity index (χ0v) is 45.3. The number of allylic oxidation sites excluding steroid dienone is 14. The van der Waals surface area contributed by atoms with E-state index in [1.807, 2.05) is 6.08 Å². The topological polar surface area (TPSA) is 78.9 Å². The molecule has 1 atom stereocenters. The molecule has 0 saturated carbocycles. The molecule has 0 aliphatic rings. The van der Waals surface area contributed by atoms with Crippen LogP contribution in [0.2, 0.25) is 0 Å². The Morgan fingerprint density at radius 2 is 0.565 bits per heavy atom. The molecule has 0 heterocycles. The average Bonchev–Trinajstić information content (AvgIpc) is 3.35. The third-order valence-corrected chi connectivity index (χ3v) is 12.4. The second-order valence-electron chi connectivity index (χ2n) is 19.2. The summed E-state index contributed by atoms with van der Waals surface area (Å²) in [5, 5.41) is 0. The lowest BCUT2D eigenvalue weighted by molar-refractivity contribution is -0.166. The molecule has 0 unspecified atom stereocenters. The Morgan fingerprint density at radius 1 is 0.290 bits per heavy atom. The Kier molecular flexibility index (Phi) is 54.3. The SMILES string of the molecule is CCCC/C=C\CCCCCCCC(=O)O[C@H](COC(=O)CC/C=C\C/C=C\C/C=C\C/C=C\C/C=C\CCCCC)COC(=O)CCCCCCCCCCCCC/C=C\CCCCCCCC. The fourth-order valence-electron chi connectivity index (χ4n) is 7.93. The maximum Gasteiger partial charge on any atom is 0.306 e. The van der Waals surface area contributed by atoms with Gasteiger partial charge in [-0.1, -0.05) is 241 Å². The van der Waals surface area contributed by atoms with Gasteiger partial charge in [0.05, 0.1) is 0 Å². The van der Waals surface area contributed by atoms with Crippen molar-refractivity contribution in [2.24, 2.45) is 0 Å². The highest BCUT2D eigenvalue weighted by Gasteiger charge is 2.19. The molecule has 0 aromatic carbocycles. The van der Waals surface area contributed by atoms with Gasteiger partial charge in [-0.2, -0.15) is 0 Å². The first-order valence-electron chi connectivity index (χ1n) is 29.1. The number of rotatable bonds is 52. The van der Waals surface area contributed by atoms with Crippen molar-refractivity contribution < 1.29 is 28.6 Å². The summed E-state index contributed by atoms with van der Waals surface area (Å²) >= 11 is 0. The second-order valence-corrected chi connectivity index (χ2v) is 19.2. The minimum atomic E-state index is -0.811. The summed E-state index contributed by atoms with van der Waals surface area (Å²) < 4.78 is 16.8. The van der Waals surface area contributed by atoms with E-state index in [2.05, 4.69) is 99.8 Å². The summed E-state index contributed by atoms with van der Waals surface area (Å²) in [5.41, 5.74) is 0. The summed E-state index contributed by atoms with van der Waals surface area (Å²) in [6.45, 7) is 6.51. The van der Waals surface area contributed by atoms with E-state index in [1.165, 1.54) is 154 Å². The molecular weight excluding hydrogens is 853 g/mol. The van der Waals surface area contributed by atoms with Gasteiger partial charge < -0.3 is 14.2 Å². The largest absolute Gasteiger partial charge is 0.462 e. The molecule has 0 rings (SSSR count). The van der Waals surface area contributed by atoms with Crippen LogP contribution in [0.25, 0.3) is 0 Å². The van der Waals surface area contributed by atoms with Gasteiger partial charge in [0.2, 0.25) is 0 Å². The van der Waals surface area contributed by atoms with Gasteiger partial charge in [0.15, 0.2) is 6.10 Å². The molecule has 0 aliphatic carbocycles. The smallest absolute Gasteiger partial charge is 0.306 e. The van der Waals surface area contributed by atoms with Crippen LogP contribution in [-0.4, -0.2) is 37.2 Å². The third-order valence-electron chi connectivity index (χ3n) is 12.4. The minimum absolute atomic E-state index is 0.103. The third kappa shape index (κ3) is 55.4. The van der Waals surface area contributed by atoms with Crippen LogP contribution in [0.3, 0.4) is 0 Å². The van der Waals surface area contributed by atoms with E-state index in [1.54, 1.807) is 0 Å². The predicted octanol–water partition coefficient (Wildman–Crippen LogP) is 19.5. The van der Waals surface area contributed by atoms with Gasteiger partial charge in [-0.15, -0.1) is 0 Å². The molecule has 0 aromatic heterocycles. The van der Waals surface area contributed by atoms with Crippen LogP contribution < -0.4 is 0 Å².